The Bertz CT molecular complexity index is 381. The molecule has 0 aliphatic carbocycles. The van der Waals surface area contributed by atoms with Gasteiger partial charge in [-0.1, -0.05) is 118 Å². The largest absolute Gasteiger partial charge is 0.550 e. The maximum absolute atomic E-state index is 10.3. The van der Waals surface area contributed by atoms with Crippen molar-refractivity contribution in [3.8, 4) is 0 Å². The summed E-state index contributed by atoms with van der Waals surface area (Å²) in [5, 5.41) is 10.3. The van der Waals surface area contributed by atoms with Gasteiger partial charge in [0.2, 0.25) is 0 Å². The molecule has 0 amide bonds. The molecular weight excluding hydrogens is 436 g/mol. The van der Waals surface area contributed by atoms with Crippen LogP contribution in [-0.2, 0) is 4.79 Å². The summed E-state index contributed by atoms with van der Waals surface area (Å²) < 4.78 is 1.24. The summed E-state index contributed by atoms with van der Waals surface area (Å²) in [7, 11) is 4.87. The predicted molar refractivity (Wildman–Crippen MR) is 154 cm³/mol. The zero-order valence-corrected chi connectivity index (χ0v) is 25.1. The number of aliphatic carboxylic acids is 1. The molecule has 5 nitrogen and oxygen atoms in total. The number of carboxylic acids is 1. The number of hydrogen-bond donors (Lipinski definition) is 1. The van der Waals surface area contributed by atoms with E-state index in [1.54, 1.807) is 0 Å². The summed E-state index contributed by atoms with van der Waals surface area (Å²) in [5.74, 6) is -1.11. The Labute approximate surface area is 221 Å². The van der Waals surface area contributed by atoms with E-state index in [0.717, 1.165) is 19.3 Å². The normalized spacial score (nSPS) is 11.6. The average Bonchev–Trinajstić information content (AvgIpc) is 2.78. The molecule has 0 aromatic rings. The molecule has 0 saturated heterocycles. The van der Waals surface area contributed by atoms with Crippen LogP contribution in [0.3, 0.4) is 0 Å². The lowest BCUT2D eigenvalue weighted by atomic mass is 10.00. The Kier molecular flexibility index (Phi) is 37.2. The van der Waals surface area contributed by atoms with E-state index < -0.39 is 5.97 Å². The van der Waals surface area contributed by atoms with Crippen LogP contribution in [-0.4, -0.2) is 43.1 Å². The molecule has 0 fully saturated rings. The first-order valence-corrected chi connectivity index (χ1v) is 14.9. The second-order valence-electron chi connectivity index (χ2n) is 10.9. The third-order valence-electron chi connectivity index (χ3n) is 6.97. The molecule has 0 heterocycles. The Morgan fingerprint density at radius 2 is 0.914 bits per heavy atom. The zero-order chi connectivity index (χ0) is 25.2. The van der Waals surface area contributed by atoms with Crippen LogP contribution in [0.15, 0.2) is 0 Å². The maximum Gasteiger partial charge on any atom is 0.0782 e. The third kappa shape index (κ3) is 33.3. The molecule has 5 heteroatoms. The molecule has 0 bridgehead atoms. The minimum atomic E-state index is -0.893. The van der Waals surface area contributed by atoms with Crippen molar-refractivity contribution in [2.45, 2.75) is 156 Å². The molecule has 1 unspecified atom stereocenters. The van der Waals surface area contributed by atoms with E-state index in [2.05, 4.69) is 34.9 Å². The fourth-order valence-corrected chi connectivity index (χ4v) is 4.40. The van der Waals surface area contributed by atoms with Gasteiger partial charge in [0.15, 0.2) is 0 Å². The highest BCUT2D eigenvalue weighted by Gasteiger charge is 2.13. The third-order valence-corrected chi connectivity index (χ3v) is 6.97. The Morgan fingerprint density at radius 1 is 0.600 bits per heavy atom. The van der Waals surface area contributed by atoms with Gasteiger partial charge in [0, 0.05) is 5.97 Å². The monoisotopic (exact) mass is 505 g/mol. The molecule has 0 rings (SSSR count). The van der Waals surface area contributed by atoms with E-state index in [4.69, 9.17) is 0 Å². The van der Waals surface area contributed by atoms with Crippen LogP contribution in [0.5, 0.6) is 0 Å². The number of quaternary nitrogens is 1. The topological polar surface area (TPSA) is 107 Å². The van der Waals surface area contributed by atoms with Crippen LogP contribution in [0.1, 0.15) is 156 Å². The molecule has 5 N–H and O–H groups in total. The molecular formula is C30H68N2O3. The van der Waals surface area contributed by atoms with E-state index in [-0.39, 0.29) is 17.5 Å². The van der Waals surface area contributed by atoms with Crippen LogP contribution in [0, 0.1) is 5.92 Å². The fraction of sp³-hybridized carbons (Fsp3) is 0.967. The van der Waals surface area contributed by atoms with Gasteiger partial charge in [-0.25, -0.2) is 0 Å². The van der Waals surface area contributed by atoms with Crippen LogP contribution in [0.4, 0.5) is 0 Å². The van der Waals surface area contributed by atoms with Gasteiger partial charge >= 0.3 is 0 Å². The molecule has 0 saturated carbocycles. The van der Waals surface area contributed by atoms with Crippen molar-refractivity contribution in [2.75, 3.05) is 27.2 Å². The molecule has 0 aromatic heterocycles. The molecule has 0 aliphatic rings. The SMILES string of the molecule is CCCCC(CC)C(=O)[O-].CCCCCCCCCC[N+](C)(C)CCCCCCCCCC.N.O. The number of carbonyl (C=O) groups is 1. The van der Waals surface area contributed by atoms with E-state index in [9.17, 15) is 9.90 Å². The van der Waals surface area contributed by atoms with E-state index in [0.29, 0.717) is 6.42 Å². The zero-order valence-electron chi connectivity index (χ0n) is 25.1. The quantitative estimate of drug-likeness (QED) is 0.114. The van der Waals surface area contributed by atoms with Crippen LogP contribution in [0.25, 0.3) is 0 Å². The number of nitrogens with zero attached hydrogens (tertiary/aromatic N) is 1. The first kappa shape index (κ1) is 41.5. The van der Waals surface area contributed by atoms with Gasteiger partial charge in [0.25, 0.3) is 0 Å². The van der Waals surface area contributed by atoms with Crippen molar-refractivity contribution in [3.63, 3.8) is 0 Å². The van der Waals surface area contributed by atoms with Crippen molar-refractivity contribution < 1.29 is 19.9 Å². The highest BCUT2D eigenvalue weighted by atomic mass is 16.4. The van der Waals surface area contributed by atoms with Crippen molar-refractivity contribution in [1.82, 2.24) is 6.15 Å². The van der Waals surface area contributed by atoms with Crippen LogP contribution >= 0.6 is 0 Å². The fourth-order valence-electron chi connectivity index (χ4n) is 4.40. The van der Waals surface area contributed by atoms with Gasteiger partial charge in [-0.15, -0.1) is 0 Å². The Morgan fingerprint density at radius 3 is 1.20 bits per heavy atom. The molecule has 1 atom stereocenters. The van der Waals surface area contributed by atoms with E-state index in [1.807, 2.05) is 6.92 Å². The highest BCUT2D eigenvalue weighted by Crippen LogP contribution is 2.13. The molecule has 216 valence electrons. The minimum Gasteiger partial charge on any atom is -0.550 e. The van der Waals surface area contributed by atoms with Crippen molar-refractivity contribution >= 4 is 5.97 Å². The number of rotatable bonds is 23. The second-order valence-corrected chi connectivity index (χ2v) is 10.9. The van der Waals surface area contributed by atoms with E-state index in [1.165, 1.54) is 120 Å². The average molecular weight is 505 g/mol. The lowest BCUT2D eigenvalue weighted by Crippen LogP contribution is -2.41. The van der Waals surface area contributed by atoms with Gasteiger partial charge in [-0.05, 0) is 44.4 Å². The Balaban J connectivity index is -0.000000340. The molecule has 0 aliphatic heterocycles. The molecule has 0 radical (unpaired) electrons. The Hall–Kier alpha value is -0.650. The van der Waals surface area contributed by atoms with Gasteiger partial charge in [-0.2, -0.15) is 0 Å². The smallest absolute Gasteiger partial charge is 0.0782 e. The van der Waals surface area contributed by atoms with Gasteiger partial charge in [-0.3, -0.25) is 0 Å². The van der Waals surface area contributed by atoms with Gasteiger partial charge in [0.1, 0.15) is 0 Å². The summed E-state index contributed by atoms with van der Waals surface area (Å²) >= 11 is 0. The number of unbranched alkanes of at least 4 members (excludes halogenated alkanes) is 15. The van der Waals surface area contributed by atoms with Gasteiger partial charge in [0.05, 0.1) is 27.2 Å². The summed E-state index contributed by atoms with van der Waals surface area (Å²) in [6.07, 6.45) is 26.6. The van der Waals surface area contributed by atoms with Crippen LogP contribution < -0.4 is 11.3 Å². The molecule has 0 aromatic carbocycles. The minimum absolute atomic E-state index is 0. The number of hydrogen-bond acceptors (Lipinski definition) is 3. The van der Waals surface area contributed by atoms with Crippen LogP contribution in [0.2, 0.25) is 0 Å². The summed E-state index contributed by atoms with van der Waals surface area (Å²) in [6, 6.07) is 0. The standard InChI is InChI=1S/C22H48N.C8H16O2.H3N.H2O/c1-5-7-9-11-13-15-17-19-21-23(3,4)22-20-18-16-14-12-10-8-6-2;1-3-5-6-7(4-2)8(9)10;;/h5-22H2,1-4H3;7H,3-6H2,1-2H3,(H,9,10);1H3;1H2/q+1;;;/p-1. The molecule has 35 heavy (non-hydrogen) atoms. The van der Waals surface area contributed by atoms with Crippen molar-refractivity contribution in [2.24, 2.45) is 5.92 Å². The summed E-state index contributed by atoms with van der Waals surface area (Å²) in [6.45, 7) is 11.3. The predicted octanol–water partition coefficient (Wildman–Crippen LogP) is 7.63. The summed E-state index contributed by atoms with van der Waals surface area (Å²) in [4.78, 5) is 10.3. The highest BCUT2D eigenvalue weighted by molar-refractivity contribution is 5.67. The lowest BCUT2D eigenvalue weighted by molar-refractivity contribution is -0.890. The maximum atomic E-state index is 10.3. The van der Waals surface area contributed by atoms with Crippen molar-refractivity contribution in [3.05, 3.63) is 0 Å². The van der Waals surface area contributed by atoms with Gasteiger partial charge < -0.3 is 26.0 Å². The number of carbonyl (C=O) groups excluding carboxylic acids is 1. The lowest BCUT2D eigenvalue weighted by Gasteiger charge is -2.30. The first-order valence-electron chi connectivity index (χ1n) is 14.9. The number of carboxylic acid groups (broad SMARTS) is 1. The first-order chi connectivity index (χ1) is 15.8. The second kappa shape index (κ2) is 31.4. The molecule has 0 spiro atoms. The van der Waals surface area contributed by atoms with E-state index >= 15 is 0 Å². The van der Waals surface area contributed by atoms with Crippen molar-refractivity contribution in [1.29, 1.82) is 0 Å². The summed E-state index contributed by atoms with van der Waals surface area (Å²) in [5.41, 5.74) is 0.